The molecule has 1 N–H and O–H groups in total. The summed E-state index contributed by atoms with van der Waals surface area (Å²) >= 11 is 36.5. The summed E-state index contributed by atoms with van der Waals surface area (Å²) in [7, 11) is 0. The number of pyridine rings is 1. The van der Waals surface area contributed by atoms with E-state index in [1.54, 1.807) is 36.4 Å². The van der Waals surface area contributed by atoms with Crippen molar-refractivity contribution in [3.8, 4) is 22.5 Å². The molecule has 0 saturated carbocycles. The van der Waals surface area contributed by atoms with E-state index >= 15 is 0 Å². The minimum Gasteiger partial charge on any atom is -0.481 e. The van der Waals surface area contributed by atoms with E-state index in [1.165, 1.54) is 0 Å². The van der Waals surface area contributed by atoms with Gasteiger partial charge in [0.2, 0.25) is 0 Å². The molecule has 0 atom stereocenters. The van der Waals surface area contributed by atoms with Gasteiger partial charge in [-0.15, -0.1) is 0 Å². The maximum Gasteiger partial charge on any atom is 0.307 e. The molecule has 0 aliphatic carbocycles. The minimum atomic E-state index is -0.984. The molecule has 1 aromatic heterocycles. The molecule has 0 radical (unpaired) electrons. The summed E-state index contributed by atoms with van der Waals surface area (Å²) in [6.45, 7) is 0. The van der Waals surface area contributed by atoms with Crippen LogP contribution in [0.15, 0.2) is 36.4 Å². The number of nitrogens with zero attached hydrogens (tertiary/aromatic N) is 1. The second-order valence-corrected chi connectivity index (χ2v) is 8.21. The Labute approximate surface area is 190 Å². The van der Waals surface area contributed by atoms with Crippen molar-refractivity contribution < 1.29 is 9.90 Å². The molecule has 0 aliphatic heterocycles. The van der Waals surface area contributed by atoms with E-state index < -0.39 is 5.97 Å². The van der Waals surface area contributed by atoms with Crippen LogP contribution < -0.4 is 0 Å². The molecule has 0 saturated heterocycles. The van der Waals surface area contributed by atoms with Gasteiger partial charge >= 0.3 is 5.97 Å². The molecular weight excluding hydrogens is 487 g/mol. The smallest absolute Gasteiger partial charge is 0.307 e. The summed E-state index contributed by atoms with van der Waals surface area (Å²) < 4.78 is 0. The average molecular weight is 496 g/mol. The number of hydrogen-bond acceptors (Lipinski definition) is 2. The van der Waals surface area contributed by atoms with Gasteiger partial charge in [0, 0.05) is 11.1 Å². The maximum atomic E-state index is 11.2. The predicted octanol–water partition coefficient (Wildman–Crippen LogP) is 7.96. The Hall–Kier alpha value is -1.20. The first-order valence-electron chi connectivity index (χ1n) is 7.68. The van der Waals surface area contributed by atoms with Gasteiger partial charge in [-0.25, -0.2) is 4.98 Å². The van der Waals surface area contributed by atoms with Gasteiger partial charge < -0.3 is 5.11 Å². The zero-order valence-electron chi connectivity index (χ0n) is 13.7. The van der Waals surface area contributed by atoms with Crippen molar-refractivity contribution in [2.75, 3.05) is 0 Å². The van der Waals surface area contributed by atoms with Crippen molar-refractivity contribution in [1.29, 1.82) is 0 Å². The van der Waals surface area contributed by atoms with Crippen LogP contribution in [-0.4, -0.2) is 16.1 Å². The number of aromatic nitrogens is 1. The van der Waals surface area contributed by atoms with Gasteiger partial charge in [-0.2, -0.15) is 0 Å². The van der Waals surface area contributed by atoms with Crippen LogP contribution in [0.1, 0.15) is 5.56 Å². The molecule has 144 valence electrons. The molecule has 9 heteroatoms. The SMILES string of the molecule is O=C(O)Cc1cc(-c2cc(Cl)c(Cl)c(Cl)c2)nc(-c2cc(Cl)c(Cl)c(Cl)c2)c1. The van der Waals surface area contributed by atoms with Crippen LogP contribution in [0.2, 0.25) is 30.1 Å². The Kier molecular flexibility index (Phi) is 6.65. The highest BCUT2D eigenvalue weighted by Crippen LogP contribution is 2.37. The molecule has 0 fully saturated rings. The molecule has 0 amide bonds. The van der Waals surface area contributed by atoms with Gasteiger partial charge in [0.1, 0.15) is 0 Å². The Bertz CT molecular complexity index is 978. The third kappa shape index (κ3) is 4.68. The fraction of sp³-hybridized carbons (Fsp3) is 0.0526. The summed E-state index contributed by atoms with van der Waals surface area (Å²) in [6.07, 6.45) is -0.202. The highest BCUT2D eigenvalue weighted by atomic mass is 35.5. The van der Waals surface area contributed by atoms with E-state index in [-0.39, 0.29) is 36.6 Å². The van der Waals surface area contributed by atoms with Crippen LogP contribution in [0, 0.1) is 0 Å². The third-order valence-electron chi connectivity index (χ3n) is 3.80. The Balaban J connectivity index is 2.22. The lowest BCUT2D eigenvalue weighted by atomic mass is 10.0. The van der Waals surface area contributed by atoms with Crippen molar-refractivity contribution in [1.82, 2.24) is 4.98 Å². The summed E-state index contributed by atoms with van der Waals surface area (Å²) in [5.74, 6) is -0.984. The van der Waals surface area contributed by atoms with Crippen molar-refractivity contribution in [3.05, 3.63) is 72.1 Å². The third-order valence-corrected chi connectivity index (χ3v) is 6.19. The van der Waals surface area contributed by atoms with E-state index in [2.05, 4.69) is 4.98 Å². The van der Waals surface area contributed by atoms with Gasteiger partial charge in [0.25, 0.3) is 0 Å². The van der Waals surface area contributed by atoms with E-state index in [1.807, 2.05) is 0 Å². The first-order valence-corrected chi connectivity index (χ1v) is 9.95. The molecule has 3 rings (SSSR count). The molecular formula is C19H9Cl6NO2. The van der Waals surface area contributed by atoms with Crippen LogP contribution >= 0.6 is 69.6 Å². The van der Waals surface area contributed by atoms with Crippen molar-refractivity contribution >= 4 is 75.6 Å². The summed E-state index contributed by atoms with van der Waals surface area (Å²) in [5, 5.41) is 10.7. The maximum absolute atomic E-state index is 11.2. The molecule has 3 aromatic rings. The number of halogens is 6. The number of benzene rings is 2. The molecule has 0 spiro atoms. The monoisotopic (exact) mass is 493 g/mol. The first-order chi connectivity index (χ1) is 13.2. The highest BCUT2D eigenvalue weighted by molar-refractivity contribution is 6.49. The van der Waals surface area contributed by atoms with Crippen LogP contribution in [0.3, 0.4) is 0 Å². The zero-order chi connectivity index (χ0) is 20.6. The molecule has 3 nitrogen and oxygen atoms in total. The summed E-state index contributed by atoms with van der Waals surface area (Å²) in [6, 6.07) is 9.71. The molecule has 0 unspecified atom stereocenters. The van der Waals surface area contributed by atoms with Gasteiger partial charge in [-0.1, -0.05) is 69.6 Å². The van der Waals surface area contributed by atoms with Crippen LogP contribution in [0.25, 0.3) is 22.5 Å². The van der Waals surface area contributed by atoms with Gasteiger partial charge in [-0.05, 0) is 42.0 Å². The van der Waals surface area contributed by atoms with Crippen LogP contribution in [0.4, 0.5) is 0 Å². The minimum absolute atomic E-state index is 0.202. The Morgan fingerprint density at radius 2 is 1.07 bits per heavy atom. The number of rotatable bonds is 4. The molecule has 0 aliphatic rings. The number of carboxylic acid groups (broad SMARTS) is 1. The number of aliphatic carboxylic acids is 1. The van der Waals surface area contributed by atoms with Crippen molar-refractivity contribution in [2.45, 2.75) is 6.42 Å². The summed E-state index contributed by atoms with van der Waals surface area (Å²) in [4.78, 5) is 15.8. The molecule has 28 heavy (non-hydrogen) atoms. The largest absolute Gasteiger partial charge is 0.481 e. The lowest BCUT2D eigenvalue weighted by Gasteiger charge is -2.11. The van der Waals surface area contributed by atoms with E-state index in [4.69, 9.17) is 69.6 Å². The van der Waals surface area contributed by atoms with Crippen molar-refractivity contribution in [3.63, 3.8) is 0 Å². The van der Waals surface area contributed by atoms with Gasteiger partial charge in [-0.3, -0.25) is 4.79 Å². The molecule has 1 heterocycles. The first kappa shape index (κ1) is 21.5. The average Bonchev–Trinajstić information content (AvgIpc) is 2.62. The standard InChI is InChI=1S/C19H9Cl6NO2/c20-11-4-9(5-12(21)18(11)24)15-1-8(3-17(27)28)2-16(26-15)10-6-13(22)19(25)14(23)7-10/h1-2,4-7H,3H2,(H,27,28). The van der Waals surface area contributed by atoms with Crippen LogP contribution in [-0.2, 0) is 11.2 Å². The molecule has 2 aromatic carbocycles. The van der Waals surface area contributed by atoms with E-state index in [0.717, 1.165) is 0 Å². The fourth-order valence-corrected chi connectivity index (χ4v) is 3.76. The van der Waals surface area contributed by atoms with Crippen LogP contribution in [0.5, 0.6) is 0 Å². The quantitative estimate of drug-likeness (QED) is 0.373. The van der Waals surface area contributed by atoms with E-state index in [0.29, 0.717) is 28.1 Å². The number of carboxylic acids is 1. The zero-order valence-corrected chi connectivity index (χ0v) is 18.3. The second kappa shape index (κ2) is 8.66. The second-order valence-electron chi connectivity index (χ2n) is 5.82. The Morgan fingerprint density at radius 1 is 0.714 bits per heavy atom. The van der Waals surface area contributed by atoms with E-state index in [9.17, 15) is 9.90 Å². The summed E-state index contributed by atoms with van der Waals surface area (Å²) in [5.41, 5.74) is 2.63. The van der Waals surface area contributed by atoms with Crippen molar-refractivity contribution in [2.24, 2.45) is 0 Å². The lowest BCUT2D eigenvalue weighted by Crippen LogP contribution is -2.02. The lowest BCUT2D eigenvalue weighted by molar-refractivity contribution is -0.136. The predicted molar refractivity (Wildman–Crippen MR) is 117 cm³/mol. The normalized spacial score (nSPS) is 10.9. The van der Waals surface area contributed by atoms with Gasteiger partial charge in [0.15, 0.2) is 0 Å². The molecule has 0 bridgehead atoms. The highest BCUT2D eigenvalue weighted by Gasteiger charge is 2.14. The number of hydrogen-bond donors (Lipinski definition) is 1. The topological polar surface area (TPSA) is 50.2 Å². The fourth-order valence-electron chi connectivity index (χ4n) is 2.57. The number of carbonyl (C=O) groups is 1. The Morgan fingerprint density at radius 3 is 1.39 bits per heavy atom. The van der Waals surface area contributed by atoms with Gasteiger partial charge in [0.05, 0.1) is 47.9 Å².